The number of nitro benzene ring substituents is 1. The Labute approximate surface area is 209 Å². The molecule has 4 aromatic rings. The number of unbranched alkanes of at least 4 members (excludes halogenated alkanes) is 3. The van der Waals surface area contributed by atoms with Crippen molar-refractivity contribution in [2.75, 3.05) is 18.0 Å². The molecule has 0 fully saturated rings. The standard InChI is InChI=1S/C26H27N5O3.ClH/c27-20-11-9-18-15-19-10-12-21(28)17-25(19)30(24(18)16-20)14-6-2-1-5-13-29-26(32)22-7-3-4-8-23(22)31(33)34;/h3-4,7-12,15-17H,1-2,5-6,13-14H2,(H4,27,28,29,32);1H. The number of anilines is 2. The van der Waals surface area contributed by atoms with Crippen molar-refractivity contribution in [2.24, 2.45) is 4.99 Å². The molecule has 0 spiro atoms. The zero-order valence-corrected chi connectivity index (χ0v) is 20.0. The number of hydrogen-bond donors (Lipinski definition) is 2. The number of aromatic nitrogens is 1. The number of pyridine rings is 1. The van der Waals surface area contributed by atoms with Crippen LogP contribution >= 0.6 is 12.4 Å². The number of aryl methyl sites for hydroxylation is 1. The number of fused-ring (bicyclic) bond motifs is 2. The van der Waals surface area contributed by atoms with Crippen molar-refractivity contribution in [1.29, 1.82) is 0 Å². The van der Waals surface area contributed by atoms with Crippen molar-refractivity contribution < 1.29 is 14.6 Å². The fourth-order valence-electron chi connectivity index (χ4n) is 4.19. The highest BCUT2D eigenvalue weighted by atomic mass is 35.5. The molecule has 182 valence electrons. The smallest absolute Gasteiger partial charge is 0.277 e. The van der Waals surface area contributed by atoms with E-state index >= 15 is 0 Å². The maximum Gasteiger partial charge on any atom is 0.277 e. The van der Waals surface area contributed by atoms with Crippen LogP contribution in [0, 0.1) is 10.1 Å². The van der Waals surface area contributed by atoms with Gasteiger partial charge in [-0.05, 0) is 55.1 Å². The first-order valence-corrected chi connectivity index (χ1v) is 11.3. The third kappa shape index (κ3) is 5.96. The van der Waals surface area contributed by atoms with E-state index in [1.165, 1.54) is 18.2 Å². The van der Waals surface area contributed by atoms with Gasteiger partial charge in [0.2, 0.25) is 11.0 Å². The van der Waals surface area contributed by atoms with E-state index in [0.29, 0.717) is 6.54 Å². The summed E-state index contributed by atoms with van der Waals surface area (Å²) in [5, 5.41) is 25.6. The first-order chi connectivity index (χ1) is 16.4. The molecule has 1 aromatic heterocycles. The monoisotopic (exact) mass is 493 g/mol. The molecule has 1 heterocycles. The van der Waals surface area contributed by atoms with E-state index < -0.39 is 10.8 Å². The van der Waals surface area contributed by atoms with Gasteiger partial charge in [0.25, 0.3) is 5.69 Å². The highest BCUT2D eigenvalue weighted by Crippen LogP contribution is 2.22. The van der Waals surface area contributed by atoms with Gasteiger partial charge in [-0.25, -0.2) is 0 Å². The van der Waals surface area contributed by atoms with Gasteiger partial charge in [-0.15, -0.1) is 12.4 Å². The lowest BCUT2D eigenvalue weighted by molar-refractivity contribution is -0.645. The molecule has 0 bridgehead atoms. The van der Waals surface area contributed by atoms with E-state index in [1.807, 2.05) is 36.4 Å². The lowest BCUT2D eigenvalue weighted by Crippen LogP contribution is -2.35. The van der Waals surface area contributed by atoms with Gasteiger partial charge in [-0.3, -0.25) is 10.1 Å². The molecule has 0 radical (unpaired) electrons. The van der Waals surface area contributed by atoms with E-state index in [-0.39, 0.29) is 23.7 Å². The fourth-order valence-corrected chi connectivity index (χ4v) is 4.19. The number of nitrogen functional groups attached to an aromatic ring is 2. The maximum atomic E-state index is 12.3. The van der Waals surface area contributed by atoms with Crippen LogP contribution in [0.1, 0.15) is 31.2 Å². The molecule has 0 aliphatic carbocycles. The SMILES string of the molecule is Cl.Nc1ccc2cc3ccc(N)cc3[n+](CCCCCCN=C([O-])c3ccccc3[N+](=O)[O-])c2c1. The summed E-state index contributed by atoms with van der Waals surface area (Å²) < 4.78 is 2.26. The van der Waals surface area contributed by atoms with Crippen molar-refractivity contribution in [3.05, 3.63) is 82.4 Å². The van der Waals surface area contributed by atoms with Gasteiger partial charge in [0.1, 0.15) is 6.54 Å². The summed E-state index contributed by atoms with van der Waals surface area (Å²) in [6.45, 7) is 1.16. The number of rotatable bonds is 9. The minimum absolute atomic E-state index is 0. The van der Waals surface area contributed by atoms with Gasteiger partial charge in [0.05, 0.1) is 10.5 Å². The first-order valence-electron chi connectivity index (χ1n) is 11.3. The molecule has 0 atom stereocenters. The molecule has 8 nitrogen and oxygen atoms in total. The number of nitro groups is 1. The van der Waals surface area contributed by atoms with Crippen LogP contribution < -0.4 is 21.1 Å². The Morgan fingerprint density at radius 3 is 2.09 bits per heavy atom. The molecule has 0 unspecified atom stereocenters. The van der Waals surface area contributed by atoms with Gasteiger partial charge >= 0.3 is 0 Å². The predicted octanol–water partition coefficient (Wildman–Crippen LogP) is 4.14. The number of hydrogen-bond acceptors (Lipinski definition) is 6. The molecular formula is C26H28ClN5O3. The Morgan fingerprint density at radius 1 is 0.857 bits per heavy atom. The maximum absolute atomic E-state index is 12.3. The molecule has 0 aliphatic heterocycles. The van der Waals surface area contributed by atoms with Crippen LogP contribution in [-0.2, 0) is 6.54 Å². The fraction of sp³-hybridized carbons (Fsp3) is 0.231. The second-order valence-electron chi connectivity index (χ2n) is 8.31. The summed E-state index contributed by atoms with van der Waals surface area (Å²) in [4.78, 5) is 14.5. The van der Waals surface area contributed by atoms with Crippen molar-refractivity contribution in [3.8, 4) is 0 Å². The van der Waals surface area contributed by atoms with E-state index in [0.717, 1.165) is 65.4 Å². The third-order valence-electron chi connectivity index (χ3n) is 5.88. The molecule has 9 heteroatoms. The van der Waals surface area contributed by atoms with Gasteiger partial charge in [0.15, 0.2) is 0 Å². The van der Waals surface area contributed by atoms with Crippen LogP contribution in [0.25, 0.3) is 21.8 Å². The van der Waals surface area contributed by atoms with Gasteiger partial charge in [-0.1, -0.05) is 18.6 Å². The van der Waals surface area contributed by atoms with Crippen LogP contribution in [0.3, 0.4) is 0 Å². The number of halogens is 1. The van der Waals surface area contributed by atoms with Crippen molar-refractivity contribution in [3.63, 3.8) is 0 Å². The minimum Gasteiger partial charge on any atom is -0.858 e. The van der Waals surface area contributed by atoms with Crippen LogP contribution in [0.15, 0.2) is 71.7 Å². The molecule has 4 N–H and O–H groups in total. The number of benzene rings is 3. The summed E-state index contributed by atoms with van der Waals surface area (Å²) in [6, 6.07) is 19.9. The second-order valence-corrected chi connectivity index (χ2v) is 8.31. The highest BCUT2D eigenvalue weighted by Gasteiger charge is 2.16. The molecule has 0 aliphatic rings. The summed E-state index contributed by atoms with van der Waals surface area (Å²) in [6.07, 6.45) is 3.56. The Bertz CT molecular complexity index is 1330. The van der Waals surface area contributed by atoms with Crippen molar-refractivity contribution in [2.45, 2.75) is 32.2 Å². The average Bonchev–Trinajstić information content (AvgIpc) is 2.83. The summed E-state index contributed by atoms with van der Waals surface area (Å²) in [5.41, 5.74) is 15.5. The number of para-hydroxylation sites is 1. The third-order valence-corrected chi connectivity index (χ3v) is 5.88. The van der Waals surface area contributed by atoms with Crippen LogP contribution in [-0.4, -0.2) is 17.4 Å². The number of nitrogens with zero attached hydrogens (tertiary/aromatic N) is 3. The van der Waals surface area contributed by atoms with E-state index in [4.69, 9.17) is 11.5 Å². The van der Waals surface area contributed by atoms with E-state index in [9.17, 15) is 15.2 Å². The van der Waals surface area contributed by atoms with Gasteiger partial charge in [-0.2, -0.15) is 4.57 Å². The summed E-state index contributed by atoms with van der Waals surface area (Å²) in [5.74, 6) is -0.541. The van der Waals surface area contributed by atoms with Gasteiger partial charge < -0.3 is 21.6 Å². The Morgan fingerprint density at radius 2 is 1.46 bits per heavy atom. The molecule has 0 saturated carbocycles. The van der Waals surface area contributed by atoms with Crippen LogP contribution in [0.2, 0.25) is 0 Å². The lowest BCUT2D eigenvalue weighted by Gasteiger charge is -2.11. The molecule has 35 heavy (non-hydrogen) atoms. The molecule has 0 saturated heterocycles. The number of aliphatic imine (C=N–C) groups is 1. The van der Waals surface area contributed by atoms with Crippen molar-refractivity contribution >= 4 is 57.2 Å². The zero-order valence-electron chi connectivity index (χ0n) is 19.2. The molecular weight excluding hydrogens is 466 g/mol. The van der Waals surface area contributed by atoms with Crippen LogP contribution in [0.5, 0.6) is 0 Å². The van der Waals surface area contributed by atoms with E-state index in [2.05, 4.69) is 15.6 Å². The molecule has 3 aromatic carbocycles. The Kier molecular flexibility index (Phi) is 8.43. The van der Waals surface area contributed by atoms with E-state index in [1.54, 1.807) is 6.07 Å². The van der Waals surface area contributed by atoms with Crippen molar-refractivity contribution in [1.82, 2.24) is 0 Å². The largest absolute Gasteiger partial charge is 0.858 e. The summed E-state index contributed by atoms with van der Waals surface area (Å²) in [7, 11) is 0. The Balaban J connectivity index is 0.00000342. The first kappa shape index (κ1) is 25.7. The Hall–Kier alpha value is -3.91. The normalized spacial score (nSPS) is 11.5. The molecule has 0 amide bonds. The highest BCUT2D eigenvalue weighted by molar-refractivity contribution is 5.95. The summed E-state index contributed by atoms with van der Waals surface area (Å²) >= 11 is 0. The minimum atomic E-state index is -0.557. The lowest BCUT2D eigenvalue weighted by atomic mass is 10.1. The average molecular weight is 494 g/mol. The topological polar surface area (TPSA) is 134 Å². The predicted molar refractivity (Wildman–Crippen MR) is 141 cm³/mol. The quantitative estimate of drug-likeness (QED) is 0.0528. The van der Waals surface area contributed by atoms with Crippen LogP contribution in [0.4, 0.5) is 17.1 Å². The zero-order chi connectivity index (χ0) is 24.1. The molecule has 4 rings (SSSR count). The van der Waals surface area contributed by atoms with Gasteiger partial charge in [0, 0.05) is 53.3 Å². The number of nitrogens with two attached hydrogens (primary N) is 2. The second kappa shape index (κ2) is 11.5.